The van der Waals surface area contributed by atoms with Crippen molar-refractivity contribution in [2.75, 3.05) is 13.7 Å². The highest BCUT2D eigenvalue weighted by Gasteiger charge is 2.28. The molecule has 0 aromatic heterocycles. The minimum atomic E-state index is -0.488. The molecule has 0 unspecified atom stereocenters. The second kappa shape index (κ2) is 14.6. The summed E-state index contributed by atoms with van der Waals surface area (Å²) >= 11 is 0. The molecule has 1 aliphatic heterocycles. The van der Waals surface area contributed by atoms with Gasteiger partial charge in [0.05, 0.1) is 24.8 Å². The van der Waals surface area contributed by atoms with Crippen molar-refractivity contribution in [1.29, 1.82) is 0 Å². The molecule has 1 N–H and O–H groups in total. The molecule has 3 rings (SSSR count). The SMILES string of the molecule is COC(=O)c1cccc(CCCN2C(=O)CC[C@@H]2/C=C/[C@@H](O)[C@@H](C)CCCCCc2ccccc2)c1. The minimum Gasteiger partial charge on any atom is -0.465 e. The number of amides is 1. The first-order chi connectivity index (χ1) is 17.5. The number of aliphatic hydroxyl groups excluding tert-OH is 1. The summed E-state index contributed by atoms with van der Waals surface area (Å²) in [5.41, 5.74) is 3.00. The Morgan fingerprint density at radius 2 is 1.81 bits per heavy atom. The lowest BCUT2D eigenvalue weighted by Gasteiger charge is -2.23. The Kier molecular flexibility index (Phi) is 11.2. The number of rotatable bonds is 14. The maximum absolute atomic E-state index is 12.5. The number of hydrogen-bond acceptors (Lipinski definition) is 4. The summed E-state index contributed by atoms with van der Waals surface area (Å²) in [5, 5.41) is 10.7. The van der Waals surface area contributed by atoms with Gasteiger partial charge in [-0.3, -0.25) is 4.79 Å². The largest absolute Gasteiger partial charge is 0.465 e. The molecule has 5 nitrogen and oxygen atoms in total. The van der Waals surface area contributed by atoms with Crippen LogP contribution in [0.3, 0.4) is 0 Å². The lowest BCUT2D eigenvalue weighted by Crippen LogP contribution is -2.33. The first-order valence-electron chi connectivity index (χ1n) is 13.3. The molecule has 1 fully saturated rings. The Hall–Kier alpha value is -2.92. The number of aryl methyl sites for hydroxylation is 2. The molecule has 1 aliphatic rings. The standard InChI is InChI=1S/C31H41NO4/c1-24(11-5-3-6-12-25-13-7-4-8-14-25)29(33)20-18-28-19-21-30(34)32(28)22-10-16-26-15-9-17-27(23-26)31(35)36-2/h4,7-9,13-15,17-18,20,23-24,28-29,33H,3,5-6,10-12,16,19,21-22H2,1-2H3/b20-18+/t24-,28-,29+/m0/s1. The van der Waals surface area contributed by atoms with Crippen molar-refractivity contribution in [3.63, 3.8) is 0 Å². The van der Waals surface area contributed by atoms with Crippen LogP contribution in [0, 0.1) is 5.92 Å². The quantitative estimate of drug-likeness (QED) is 0.207. The summed E-state index contributed by atoms with van der Waals surface area (Å²) < 4.78 is 4.80. The Morgan fingerprint density at radius 3 is 2.58 bits per heavy atom. The Bertz CT molecular complexity index is 987. The van der Waals surface area contributed by atoms with Crippen molar-refractivity contribution in [1.82, 2.24) is 4.90 Å². The zero-order chi connectivity index (χ0) is 25.8. The molecule has 1 saturated heterocycles. The minimum absolute atomic E-state index is 0.0478. The zero-order valence-electron chi connectivity index (χ0n) is 21.8. The van der Waals surface area contributed by atoms with E-state index in [1.807, 2.05) is 35.3 Å². The van der Waals surface area contributed by atoms with Crippen LogP contribution in [0.1, 0.15) is 73.4 Å². The van der Waals surface area contributed by atoms with E-state index in [9.17, 15) is 14.7 Å². The Morgan fingerprint density at radius 1 is 1.06 bits per heavy atom. The fraction of sp³-hybridized carbons (Fsp3) is 0.484. The van der Waals surface area contributed by atoms with Gasteiger partial charge in [-0.2, -0.15) is 0 Å². The average molecular weight is 492 g/mol. The highest BCUT2D eigenvalue weighted by Crippen LogP contribution is 2.22. The maximum Gasteiger partial charge on any atom is 0.337 e. The zero-order valence-corrected chi connectivity index (χ0v) is 21.8. The van der Waals surface area contributed by atoms with Crippen LogP contribution in [-0.4, -0.2) is 47.7 Å². The fourth-order valence-corrected chi connectivity index (χ4v) is 4.89. The van der Waals surface area contributed by atoms with Gasteiger partial charge in [0.2, 0.25) is 5.91 Å². The molecule has 0 aliphatic carbocycles. The molecule has 3 atom stereocenters. The van der Waals surface area contributed by atoms with Gasteiger partial charge in [0.1, 0.15) is 0 Å². The van der Waals surface area contributed by atoms with Crippen molar-refractivity contribution >= 4 is 11.9 Å². The molecule has 2 aromatic carbocycles. The van der Waals surface area contributed by atoms with Gasteiger partial charge in [-0.1, -0.05) is 74.4 Å². The smallest absolute Gasteiger partial charge is 0.337 e. The lowest BCUT2D eigenvalue weighted by atomic mass is 9.95. The lowest BCUT2D eigenvalue weighted by molar-refractivity contribution is -0.128. The number of unbranched alkanes of at least 4 members (excludes halogenated alkanes) is 2. The predicted octanol–water partition coefficient (Wildman–Crippen LogP) is 5.75. The highest BCUT2D eigenvalue weighted by atomic mass is 16.5. The van der Waals surface area contributed by atoms with E-state index in [1.165, 1.54) is 25.5 Å². The predicted molar refractivity (Wildman–Crippen MR) is 144 cm³/mol. The van der Waals surface area contributed by atoms with Crippen molar-refractivity contribution in [2.45, 2.75) is 76.9 Å². The number of ether oxygens (including phenoxy) is 1. The van der Waals surface area contributed by atoms with Gasteiger partial charge in [-0.25, -0.2) is 4.79 Å². The summed E-state index contributed by atoms with van der Waals surface area (Å²) in [4.78, 5) is 26.1. The van der Waals surface area contributed by atoms with Crippen LogP contribution in [0.2, 0.25) is 0 Å². The van der Waals surface area contributed by atoms with E-state index in [-0.39, 0.29) is 23.8 Å². The van der Waals surface area contributed by atoms with Crippen LogP contribution < -0.4 is 0 Å². The molecule has 36 heavy (non-hydrogen) atoms. The summed E-state index contributed by atoms with van der Waals surface area (Å²) in [6.07, 6.45) is 12.0. The van der Waals surface area contributed by atoms with Gasteiger partial charge in [0, 0.05) is 13.0 Å². The molecule has 0 bridgehead atoms. The van der Waals surface area contributed by atoms with Gasteiger partial charge < -0.3 is 14.7 Å². The average Bonchev–Trinajstić information content (AvgIpc) is 3.26. The van der Waals surface area contributed by atoms with Gasteiger partial charge in [0.15, 0.2) is 0 Å². The van der Waals surface area contributed by atoms with E-state index in [0.717, 1.165) is 44.1 Å². The number of esters is 1. The van der Waals surface area contributed by atoms with E-state index in [2.05, 4.69) is 37.3 Å². The number of carbonyl (C=O) groups excluding carboxylic acids is 2. The molecule has 0 spiro atoms. The van der Waals surface area contributed by atoms with Crippen LogP contribution >= 0.6 is 0 Å². The Balaban J connectivity index is 1.39. The number of likely N-dealkylation sites (tertiary alicyclic amines) is 1. The van der Waals surface area contributed by atoms with Crippen LogP contribution in [0.5, 0.6) is 0 Å². The number of nitrogens with zero attached hydrogens (tertiary/aromatic N) is 1. The van der Waals surface area contributed by atoms with Gasteiger partial charge in [-0.15, -0.1) is 0 Å². The molecule has 0 saturated carbocycles. The topological polar surface area (TPSA) is 66.8 Å². The van der Waals surface area contributed by atoms with Crippen molar-refractivity contribution < 1.29 is 19.4 Å². The molecule has 0 radical (unpaired) electrons. The number of benzene rings is 2. The third kappa shape index (κ3) is 8.63. The molecule has 5 heteroatoms. The monoisotopic (exact) mass is 491 g/mol. The summed E-state index contributed by atoms with van der Waals surface area (Å²) in [6.45, 7) is 2.77. The van der Waals surface area contributed by atoms with Gasteiger partial charge in [-0.05, 0) is 67.7 Å². The maximum atomic E-state index is 12.5. The summed E-state index contributed by atoms with van der Waals surface area (Å²) in [5.74, 6) is 0.0382. The molecule has 1 amide bonds. The van der Waals surface area contributed by atoms with Crippen LogP contribution in [-0.2, 0) is 22.4 Å². The number of aliphatic hydroxyl groups is 1. The molecule has 194 valence electrons. The second-order valence-electron chi connectivity index (χ2n) is 9.93. The van der Waals surface area contributed by atoms with Crippen molar-refractivity contribution in [2.24, 2.45) is 5.92 Å². The van der Waals surface area contributed by atoms with Crippen LogP contribution in [0.15, 0.2) is 66.7 Å². The molecular weight excluding hydrogens is 450 g/mol. The highest BCUT2D eigenvalue weighted by molar-refractivity contribution is 5.89. The summed E-state index contributed by atoms with van der Waals surface area (Å²) in [6, 6.07) is 18.1. The van der Waals surface area contributed by atoms with E-state index < -0.39 is 6.10 Å². The molecule has 2 aromatic rings. The number of methoxy groups -OCH3 is 1. The van der Waals surface area contributed by atoms with E-state index in [0.29, 0.717) is 18.5 Å². The van der Waals surface area contributed by atoms with Crippen molar-refractivity contribution in [3.05, 3.63) is 83.4 Å². The van der Waals surface area contributed by atoms with Gasteiger partial charge in [0.25, 0.3) is 0 Å². The molecule has 1 heterocycles. The van der Waals surface area contributed by atoms with E-state index in [1.54, 1.807) is 6.07 Å². The van der Waals surface area contributed by atoms with E-state index in [4.69, 9.17) is 4.74 Å². The first-order valence-corrected chi connectivity index (χ1v) is 13.3. The fourth-order valence-electron chi connectivity index (χ4n) is 4.89. The first kappa shape index (κ1) is 27.7. The van der Waals surface area contributed by atoms with Gasteiger partial charge >= 0.3 is 5.97 Å². The third-order valence-corrected chi connectivity index (χ3v) is 7.17. The normalized spacial score (nSPS) is 17.5. The van der Waals surface area contributed by atoms with Crippen LogP contribution in [0.4, 0.5) is 0 Å². The van der Waals surface area contributed by atoms with Crippen LogP contribution in [0.25, 0.3) is 0 Å². The third-order valence-electron chi connectivity index (χ3n) is 7.17. The molecular formula is C31H41NO4. The second-order valence-corrected chi connectivity index (χ2v) is 9.93. The number of hydrogen-bond donors (Lipinski definition) is 1. The van der Waals surface area contributed by atoms with Crippen molar-refractivity contribution in [3.8, 4) is 0 Å². The van der Waals surface area contributed by atoms with E-state index >= 15 is 0 Å². The Labute approximate surface area is 216 Å². The number of carbonyl (C=O) groups is 2. The summed E-state index contributed by atoms with van der Waals surface area (Å²) in [7, 11) is 1.38.